The van der Waals surface area contributed by atoms with Gasteiger partial charge in [0, 0.05) is 17.8 Å². The van der Waals surface area contributed by atoms with Crippen LogP contribution >= 0.6 is 32.9 Å². The van der Waals surface area contributed by atoms with Gasteiger partial charge in [0.05, 0.1) is 6.54 Å². The van der Waals surface area contributed by atoms with E-state index in [1.54, 1.807) is 0 Å². The second-order valence-corrected chi connectivity index (χ2v) is 3.66. The predicted molar refractivity (Wildman–Crippen MR) is 61.5 cm³/mol. The monoisotopic (exact) mass is 301 g/mol. The molecule has 1 N–H and O–H groups in total. The highest BCUT2D eigenvalue weighted by Gasteiger charge is 2.00. The maximum atomic E-state index is 11.0. The lowest BCUT2D eigenvalue weighted by molar-refractivity contribution is -0.118. The molecule has 0 saturated heterocycles. The molecule has 74 valence electrons. The van der Waals surface area contributed by atoms with E-state index in [2.05, 4.69) is 21.2 Å². The van der Waals surface area contributed by atoms with Crippen molar-refractivity contribution >= 4 is 38.7 Å². The Morgan fingerprint density at radius 3 is 2.50 bits per heavy atom. The van der Waals surface area contributed by atoms with Gasteiger partial charge >= 0.3 is 0 Å². The van der Waals surface area contributed by atoms with E-state index in [-0.39, 0.29) is 17.0 Å². The standard InChI is InChI=1S/C8H16BrNO.BrH/c1-7(2)10-6-8(11)4-3-5-9;/h7,10H,3-6H2,1-2H3;1H. The fourth-order valence-electron chi connectivity index (χ4n) is 0.670. The van der Waals surface area contributed by atoms with Crippen molar-refractivity contribution in [3.8, 4) is 0 Å². The van der Waals surface area contributed by atoms with Gasteiger partial charge in [-0.15, -0.1) is 17.0 Å². The highest BCUT2D eigenvalue weighted by Crippen LogP contribution is 1.94. The molecule has 0 atom stereocenters. The van der Waals surface area contributed by atoms with Gasteiger partial charge in [0.1, 0.15) is 5.78 Å². The zero-order chi connectivity index (χ0) is 8.69. The lowest BCUT2D eigenvalue weighted by Gasteiger charge is -2.05. The molecule has 4 heteroatoms. The van der Waals surface area contributed by atoms with Crippen LogP contribution in [0.25, 0.3) is 0 Å². The van der Waals surface area contributed by atoms with E-state index in [0.717, 1.165) is 11.8 Å². The Kier molecular flexibility index (Phi) is 12.2. The molecular weight excluding hydrogens is 286 g/mol. The lowest BCUT2D eigenvalue weighted by atomic mass is 10.2. The minimum absolute atomic E-state index is 0. The summed E-state index contributed by atoms with van der Waals surface area (Å²) in [5.74, 6) is 0.304. The summed E-state index contributed by atoms with van der Waals surface area (Å²) in [6.07, 6.45) is 1.63. The SMILES string of the molecule is Br.CC(C)NCC(=O)CCCBr. The third kappa shape index (κ3) is 10.6. The number of carbonyl (C=O) groups is 1. The Morgan fingerprint density at radius 2 is 2.08 bits per heavy atom. The van der Waals surface area contributed by atoms with E-state index < -0.39 is 0 Å². The van der Waals surface area contributed by atoms with Crippen molar-refractivity contribution < 1.29 is 4.79 Å². The van der Waals surface area contributed by atoms with Crippen LogP contribution < -0.4 is 5.32 Å². The van der Waals surface area contributed by atoms with Gasteiger partial charge in [-0.05, 0) is 6.42 Å². The molecule has 0 unspecified atom stereocenters. The third-order valence-electron chi connectivity index (χ3n) is 1.30. The number of rotatable bonds is 6. The Bertz CT molecular complexity index is 118. The van der Waals surface area contributed by atoms with Crippen molar-refractivity contribution in [2.75, 3.05) is 11.9 Å². The summed E-state index contributed by atoms with van der Waals surface area (Å²) in [7, 11) is 0. The molecular formula is C8H17Br2NO. The first kappa shape index (κ1) is 15.1. The van der Waals surface area contributed by atoms with Crippen LogP contribution in [-0.4, -0.2) is 23.7 Å². The molecule has 0 spiro atoms. The molecule has 0 aliphatic heterocycles. The van der Waals surface area contributed by atoms with Crippen molar-refractivity contribution in [1.29, 1.82) is 0 Å². The fourth-order valence-corrected chi connectivity index (χ4v) is 0.951. The van der Waals surface area contributed by atoms with Crippen LogP contribution in [0.2, 0.25) is 0 Å². The molecule has 0 fully saturated rings. The predicted octanol–water partition coefficient (Wildman–Crippen LogP) is 2.31. The molecule has 12 heavy (non-hydrogen) atoms. The van der Waals surface area contributed by atoms with Crippen LogP contribution in [0.5, 0.6) is 0 Å². The maximum Gasteiger partial charge on any atom is 0.146 e. The van der Waals surface area contributed by atoms with Crippen molar-refractivity contribution in [1.82, 2.24) is 5.32 Å². The maximum absolute atomic E-state index is 11.0. The molecule has 0 saturated carbocycles. The summed E-state index contributed by atoms with van der Waals surface area (Å²) in [4.78, 5) is 11.0. The van der Waals surface area contributed by atoms with Gasteiger partial charge in [-0.1, -0.05) is 29.8 Å². The number of ketones is 1. The molecule has 0 aromatic carbocycles. The highest BCUT2D eigenvalue weighted by atomic mass is 79.9. The summed E-state index contributed by atoms with van der Waals surface area (Å²) < 4.78 is 0. The summed E-state index contributed by atoms with van der Waals surface area (Å²) >= 11 is 3.29. The number of hydrogen-bond donors (Lipinski definition) is 1. The normalized spacial score (nSPS) is 9.67. The summed E-state index contributed by atoms with van der Waals surface area (Å²) in [5.41, 5.74) is 0. The van der Waals surface area contributed by atoms with E-state index in [1.807, 2.05) is 13.8 Å². The third-order valence-corrected chi connectivity index (χ3v) is 1.86. The van der Waals surface area contributed by atoms with E-state index in [0.29, 0.717) is 24.8 Å². The Hall–Kier alpha value is 0.590. The zero-order valence-corrected chi connectivity index (χ0v) is 10.9. The molecule has 0 radical (unpaired) electrons. The first-order valence-electron chi connectivity index (χ1n) is 3.98. The van der Waals surface area contributed by atoms with Crippen molar-refractivity contribution in [3.05, 3.63) is 0 Å². The van der Waals surface area contributed by atoms with Gasteiger partial charge < -0.3 is 5.32 Å². The Morgan fingerprint density at radius 1 is 1.50 bits per heavy atom. The first-order chi connectivity index (χ1) is 5.16. The highest BCUT2D eigenvalue weighted by molar-refractivity contribution is 9.09. The minimum atomic E-state index is 0. The zero-order valence-electron chi connectivity index (χ0n) is 7.60. The molecule has 0 aromatic rings. The van der Waals surface area contributed by atoms with E-state index in [9.17, 15) is 4.79 Å². The van der Waals surface area contributed by atoms with Gasteiger partial charge in [-0.2, -0.15) is 0 Å². The number of Topliss-reactive ketones (excluding diaryl/α,β-unsaturated/α-hetero) is 1. The largest absolute Gasteiger partial charge is 0.308 e. The van der Waals surface area contributed by atoms with Gasteiger partial charge in [0.25, 0.3) is 0 Å². The quantitative estimate of drug-likeness (QED) is 0.763. The summed E-state index contributed by atoms with van der Waals surface area (Å²) in [5, 5.41) is 4.01. The average molecular weight is 303 g/mol. The Labute approximate surface area is 93.4 Å². The molecule has 0 aliphatic carbocycles. The molecule has 0 rings (SSSR count). The number of hydrogen-bond acceptors (Lipinski definition) is 2. The second-order valence-electron chi connectivity index (χ2n) is 2.87. The van der Waals surface area contributed by atoms with Crippen LogP contribution in [-0.2, 0) is 4.79 Å². The van der Waals surface area contributed by atoms with Crippen LogP contribution in [0.3, 0.4) is 0 Å². The minimum Gasteiger partial charge on any atom is -0.308 e. The molecule has 0 amide bonds. The first-order valence-corrected chi connectivity index (χ1v) is 5.10. The van der Waals surface area contributed by atoms with Gasteiger partial charge in [-0.25, -0.2) is 0 Å². The number of halogens is 2. The van der Waals surface area contributed by atoms with E-state index in [4.69, 9.17) is 0 Å². The molecule has 0 bridgehead atoms. The molecule has 0 heterocycles. The van der Waals surface area contributed by atoms with Crippen molar-refractivity contribution in [2.24, 2.45) is 0 Å². The number of nitrogens with one attached hydrogen (secondary N) is 1. The second kappa shape index (κ2) is 9.68. The summed E-state index contributed by atoms with van der Waals surface area (Å²) in [6, 6.07) is 0.405. The van der Waals surface area contributed by atoms with Crippen LogP contribution in [0.1, 0.15) is 26.7 Å². The van der Waals surface area contributed by atoms with Crippen molar-refractivity contribution in [3.63, 3.8) is 0 Å². The van der Waals surface area contributed by atoms with Crippen LogP contribution in [0.4, 0.5) is 0 Å². The smallest absolute Gasteiger partial charge is 0.146 e. The lowest BCUT2D eigenvalue weighted by Crippen LogP contribution is -2.29. The molecule has 0 aromatic heterocycles. The van der Waals surface area contributed by atoms with Gasteiger partial charge in [0.2, 0.25) is 0 Å². The topological polar surface area (TPSA) is 29.1 Å². The van der Waals surface area contributed by atoms with Crippen molar-refractivity contribution in [2.45, 2.75) is 32.7 Å². The van der Waals surface area contributed by atoms with Gasteiger partial charge in [-0.3, -0.25) is 4.79 Å². The van der Waals surface area contributed by atoms with Gasteiger partial charge in [0.15, 0.2) is 0 Å². The van der Waals surface area contributed by atoms with Crippen LogP contribution in [0.15, 0.2) is 0 Å². The Balaban J connectivity index is 0. The van der Waals surface area contributed by atoms with E-state index >= 15 is 0 Å². The average Bonchev–Trinajstić information content (AvgIpc) is 1.97. The number of carbonyl (C=O) groups excluding carboxylic acids is 1. The van der Waals surface area contributed by atoms with E-state index in [1.165, 1.54) is 0 Å². The van der Waals surface area contributed by atoms with Crippen LogP contribution in [0, 0.1) is 0 Å². The summed E-state index contributed by atoms with van der Waals surface area (Å²) in [6.45, 7) is 4.60. The fraction of sp³-hybridized carbons (Fsp3) is 0.875. The number of alkyl halides is 1. The molecule has 0 aliphatic rings. The molecule has 2 nitrogen and oxygen atoms in total.